The minimum Gasteiger partial charge on any atom is -0.550 e. The molecule has 0 amide bonds. The van der Waals surface area contributed by atoms with Crippen LogP contribution in [0.25, 0.3) is 0 Å². The third kappa shape index (κ3) is 90.9. The predicted octanol–water partition coefficient (Wildman–Crippen LogP) is 30.5. The fourth-order valence-corrected chi connectivity index (χ4v) is 16.4. The molecule has 0 saturated carbocycles. The van der Waals surface area contributed by atoms with Gasteiger partial charge < -0.3 is 29.6 Å². The van der Waals surface area contributed by atoms with Gasteiger partial charge in [-0.2, -0.15) is 0 Å². The second kappa shape index (κ2) is 96.3. The average molecular weight is 1480 g/mol. The fourth-order valence-electron chi connectivity index (χ4n) is 16.4. The normalized spacial score (nSPS) is 12.2. The van der Waals surface area contributed by atoms with E-state index in [9.17, 15) is 19.8 Å². The quantitative estimate of drug-likeness (QED) is 0.0445. The molecule has 0 spiro atoms. The van der Waals surface area contributed by atoms with Gasteiger partial charge in [-0.1, -0.05) is 504 Å². The molecule has 0 aromatic carbocycles. The number of carboxylic acids is 2. The molecule has 0 aromatic heterocycles. The molecule has 0 rings (SSSR count). The molecule has 2 atom stereocenters. The molecule has 0 bridgehead atoms. The van der Waals surface area contributed by atoms with Crippen LogP contribution in [0, 0.1) is 0 Å². The Balaban J connectivity index is -0.00000192. The molecule has 0 N–H and O–H groups in total. The summed E-state index contributed by atoms with van der Waals surface area (Å²) < 4.78 is 0. The van der Waals surface area contributed by atoms with Crippen LogP contribution >= 0.6 is 0 Å². The Hall–Kier alpha value is 0.120. The number of hydrogen-bond acceptors (Lipinski definition) is 6. The summed E-state index contributed by atoms with van der Waals surface area (Å²) in [6, 6.07) is 0.794. The Labute approximate surface area is 680 Å². The molecule has 6 nitrogen and oxygen atoms in total. The number of unbranched alkanes of at least 4 members (excludes halogenated alkanes) is 72. The van der Waals surface area contributed by atoms with Crippen molar-refractivity contribution in [1.29, 1.82) is 0 Å². The van der Waals surface area contributed by atoms with Crippen molar-refractivity contribution in [3.05, 3.63) is 0 Å². The van der Waals surface area contributed by atoms with Crippen molar-refractivity contribution >= 4 is 49.7 Å². The summed E-state index contributed by atoms with van der Waals surface area (Å²) >= 11 is 0. The monoisotopic (exact) mass is 1480 g/mol. The van der Waals surface area contributed by atoms with Crippen molar-refractivity contribution in [1.82, 2.24) is 9.80 Å². The van der Waals surface area contributed by atoms with Gasteiger partial charge in [0.05, 0.1) is 0 Å². The van der Waals surface area contributed by atoms with E-state index in [2.05, 4.69) is 51.3 Å². The summed E-state index contributed by atoms with van der Waals surface area (Å²) in [4.78, 5) is 27.7. The first-order chi connectivity index (χ1) is 50.3. The van der Waals surface area contributed by atoms with Crippen molar-refractivity contribution in [3.8, 4) is 0 Å². The Morgan fingerprint density at radius 3 is 0.398 bits per heavy atom. The van der Waals surface area contributed by atoms with Crippen LogP contribution in [0.5, 0.6) is 0 Å². The third-order valence-corrected chi connectivity index (χ3v) is 23.5. The predicted molar refractivity (Wildman–Crippen MR) is 459 cm³/mol. The topological polar surface area (TPSA) is 86.7 Å². The molecule has 0 aliphatic heterocycles. The van der Waals surface area contributed by atoms with Crippen LogP contribution in [-0.4, -0.2) is 97.7 Å². The van der Waals surface area contributed by atoms with E-state index >= 15 is 0 Å². The van der Waals surface area contributed by atoms with Crippen LogP contribution in [0.3, 0.4) is 0 Å². The van der Waals surface area contributed by atoms with Gasteiger partial charge in [0.15, 0.2) is 0 Å². The molecule has 0 radical (unpaired) electrons. The van der Waals surface area contributed by atoms with E-state index in [0.717, 1.165) is 51.9 Å². The molecule has 2 unspecified atom stereocenters. The molecular formula is C96H192CaN2O4. The SMILES string of the molecule is CCCCCCCCCCCCCCCCCCCCCN(CCCCCCCCCCCCCCCCCCCCC)C(CC)CCC(=O)[O-].CCCCCCCCCCCCCCCCCCCCCN(CCCCCCCCCCCCCCCCCCCCC)C(CC)CCC(=O)[O-].[Ca+2]. The van der Waals surface area contributed by atoms with Gasteiger partial charge in [0.2, 0.25) is 0 Å². The van der Waals surface area contributed by atoms with Crippen LogP contribution in [-0.2, 0) is 9.59 Å². The number of carbonyl (C=O) groups is 2. The molecule has 7 heteroatoms. The van der Waals surface area contributed by atoms with Crippen molar-refractivity contribution in [2.45, 2.75) is 580 Å². The summed E-state index contributed by atoms with van der Waals surface area (Å²) in [5.74, 6) is -1.78. The van der Waals surface area contributed by atoms with Crippen LogP contribution in [0.4, 0.5) is 0 Å². The Morgan fingerprint density at radius 1 is 0.194 bits per heavy atom. The van der Waals surface area contributed by atoms with E-state index in [1.165, 1.54) is 488 Å². The molecule has 0 heterocycles. The summed E-state index contributed by atoms with van der Waals surface area (Å²) in [5.41, 5.74) is 0. The summed E-state index contributed by atoms with van der Waals surface area (Å²) in [6.07, 6.45) is 112. The van der Waals surface area contributed by atoms with Gasteiger partial charge in [0.25, 0.3) is 0 Å². The van der Waals surface area contributed by atoms with Crippen LogP contribution in [0.15, 0.2) is 0 Å². The Kier molecular flexibility index (Phi) is 100. The summed E-state index contributed by atoms with van der Waals surface area (Å²) in [5, 5.41) is 22.4. The first-order valence-electron chi connectivity index (χ1n) is 48.2. The summed E-state index contributed by atoms with van der Waals surface area (Å²) in [6.45, 7) is 18.2. The van der Waals surface area contributed by atoms with Gasteiger partial charge in [0, 0.05) is 24.0 Å². The Morgan fingerprint density at radius 2 is 0.301 bits per heavy atom. The minimum absolute atomic E-state index is 0. The number of nitrogens with zero attached hydrogens (tertiary/aromatic N) is 2. The van der Waals surface area contributed by atoms with E-state index in [0.29, 0.717) is 12.1 Å². The van der Waals surface area contributed by atoms with E-state index in [1.807, 2.05) is 0 Å². The van der Waals surface area contributed by atoms with Crippen molar-refractivity contribution in [2.75, 3.05) is 26.2 Å². The van der Waals surface area contributed by atoms with Crippen molar-refractivity contribution in [3.63, 3.8) is 0 Å². The maximum absolute atomic E-state index is 11.2. The number of carbonyl (C=O) groups excluding carboxylic acids is 2. The molecule has 0 aliphatic carbocycles. The van der Waals surface area contributed by atoms with Crippen LogP contribution < -0.4 is 10.2 Å². The molecule has 0 aromatic rings. The average Bonchev–Trinajstić information content (AvgIpc) is 1.03. The largest absolute Gasteiger partial charge is 2.00 e. The number of aliphatic carboxylic acids is 2. The van der Waals surface area contributed by atoms with E-state index in [-0.39, 0.29) is 50.6 Å². The number of carboxylic acid groups (broad SMARTS) is 2. The fraction of sp³-hybridized carbons (Fsp3) is 0.979. The van der Waals surface area contributed by atoms with E-state index in [1.54, 1.807) is 0 Å². The van der Waals surface area contributed by atoms with Gasteiger partial charge in [-0.3, -0.25) is 0 Å². The standard InChI is InChI=1S/2C48H97NO2.Ca/c2*1-4-7-9-11-13-15-17-19-21-23-25-27-29-31-33-35-37-39-41-45-49(47(6-3)43-44-48(50)51)46-42-40-38-36-34-32-30-28-26-24-22-20-18-16-14-12-10-8-5-2;/h2*47H,4-46H2,1-3H3,(H,50,51);/q;;+2/p-2. The summed E-state index contributed by atoms with van der Waals surface area (Å²) in [7, 11) is 0. The van der Waals surface area contributed by atoms with Gasteiger partial charge in [-0.25, -0.2) is 0 Å². The second-order valence-electron chi connectivity index (χ2n) is 33.5. The van der Waals surface area contributed by atoms with E-state index in [4.69, 9.17) is 0 Å². The Bertz CT molecular complexity index is 1340. The maximum atomic E-state index is 11.2. The molecule has 103 heavy (non-hydrogen) atoms. The molecule has 612 valence electrons. The zero-order valence-corrected chi connectivity index (χ0v) is 74.4. The van der Waals surface area contributed by atoms with Crippen LogP contribution in [0.2, 0.25) is 0 Å². The van der Waals surface area contributed by atoms with Crippen LogP contribution in [0.1, 0.15) is 568 Å². The minimum atomic E-state index is -0.889. The smallest absolute Gasteiger partial charge is 0.550 e. The number of hydrogen-bond donors (Lipinski definition) is 0. The van der Waals surface area contributed by atoms with Gasteiger partial charge in [-0.15, -0.1) is 0 Å². The zero-order chi connectivity index (χ0) is 74.3. The van der Waals surface area contributed by atoms with Crippen molar-refractivity contribution in [2.24, 2.45) is 0 Å². The number of rotatable bonds is 90. The second-order valence-corrected chi connectivity index (χ2v) is 33.5. The third-order valence-electron chi connectivity index (χ3n) is 23.5. The van der Waals surface area contributed by atoms with Gasteiger partial charge in [-0.05, 0) is 90.4 Å². The zero-order valence-electron chi connectivity index (χ0n) is 72.2. The first-order valence-corrected chi connectivity index (χ1v) is 48.2. The molecule has 0 aliphatic rings. The van der Waals surface area contributed by atoms with Crippen molar-refractivity contribution < 1.29 is 19.8 Å². The molecular weight excluding hydrogens is 1290 g/mol. The van der Waals surface area contributed by atoms with Gasteiger partial charge in [0.1, 0.15) is 0 Å². The first kappa shape index (κ1) is 107. The van der Waals surface area contributed by atoms with E-state index < -0.39 is 11.9 Å². The van der Waals surface area contributed by atoms with Gasteiger partial charge >= 0.3 is 37.7 Å². The molecule has 0 fully saturated rings. The maximum Gasteiger partial charge on any atom is 2.00 e. The molecule has 0 saturated heterocycles.